The van der Waals surface area contributed by atoms with Crippen molar-refractivity contribution in [3.63, 3.8) is 0 Å². The van der Waals surface area contributed by atoms with Crippen LogP contribution in [-0.2, 0) is 31.9 Å². The van der Waals surface area contributed by atoms with E-state index in [9.17, 15) is 0 Å². The van der Waals surface area contributed by atoms with Crippen LogP contribution in [0.15, 0.2) is 103 Å². The summed E-state index contributed by atoms with van der Waals surface area (Å²) in [6.07, 6.45) is 5.20. The molecule has 4 heteroatoms. The molecule has 0 atom stereocenters. The summed E-state index contributed by atoms with van der Waals surface area (Å²) in [5.74, 6) is 0.667. The van der Waals surface area contributed by atoms with Crippen LogP contribution in [0, 0.1) is 18.1 Å². The number of fused-ring (bicyclic) bond motifs is 3. The Balaban J connectivity index is 0.000000204. The number of pyridine rings is 2. The van der Waals surface area contributed by atoms with Gasteiger partial charge in [-0.15, -0.1) is 71.8 Å². The molecule has 0 saturated heterocycles. The molecule has 45 heavy (non-hydrogen) atoms. The average Bonchev–Trinajstić information content (AvgIpc) is 3.00. The average molecular weight is 785 g/mol. The molecule has 6 aromatic rings. The van der Waals surface area contributed by atoms with E-state index in [0.717, 1.165) is 28.9 Å². The summed E-state index contributed by atoms with van der Waals surface area (Å²) in [6.45, 7) is 18.5. The molecule has 0 amide bonds. The van der Waals surface area contributed by atoms with Gasteiger partial charge in [0, 0.05) is 32.5 Å². The molecule has 0 aliphatic rings. The van der Waals surface area contributed by atoms with E-state index in [4.69, 9.17) is 0 Å². The Morgan fingerprint density at radius 1 is 0.689 bits per heavy atom. The Hall–Kier alpha value is -3.43. The topological polar surface area (TPSA) is 25.8 Å². The van der Waals surface area contributed by atoms with Crippen molar-refractivity contribution in [2.45, 2.75) is 66.1 Å². The molecule has 0 aliphatic carbocycles. The first-order chi connectivity index (χ1) is 20.9. The van der Waals surface area contributed by atoms with E-state index in [1.165, 1.54) is 37.9 Å². The van der Waals surface area contributed by atoms with Crippen LogP contribution in [0.5, 0.6) is 0 Å². The van der Waals surface area contributed by atoms with Gasteiger partial charge in [0.25, 0.3) is 0 Å². The number of nitrogens with zero attached hydrogens (tertiary/aromatic N) is 2. The summed E-state index contributed by atoms with van der Waals surface area (Å²) in [5, 5.41) is 6.47. The first-order valence-electron chi connectivity index (χ1n) is 15.7. The SMILES string of the molecule is CC(C)(C)c1ccc2c(ccc3cnc(-c4[c-]cccc4)cc32)c1.CC(C)Cc1cc(-c2[c-]cccc2)ncc1[Si](C)(C)C.[Ir]. The van der Waals surface area contributed by atoms with Crippen LogP contribution in [0.25, 0.3) is 44.1 Å². The van der Waals surface area contributed by atoms with Gasteiger partial charge in [0.05, 0.1) is 8.07 Å². The maximum Gasteiger partial charge on any atom is 0.0798 e. The summed E-state index contributed by atoms with van der Waals surface area (Å²) in [5.41, 5.74) is 7.12. The molecule has 0 saturated carbocycles. The van der Waals surface area contributed by atoms with Crippen molar-refractivity contribution >= 4 is 34.8 Å². The molecule has 0 bridgehead atoms. The van der Waals surface area contributed by atoms with Crippen molar-refractivity contribution < 1.29 is 20.1 Å². The Morgan fingerprint density at radius 2 is 1.29 bits per heavy atom. The maximum absolute atomic E-state index is 4.69. The van der Waals surface area contributed by atoms with E-state index in [-0.39, 0.29) is 25.5 Å². The molecule has 2 aromatic heterocycles. The number of hydrogen-bond acceptors (Lipinski definition) is 2. The van der Waals surface area contributed by atoms with Gasteiger partial charge in [-0.3, -0.25) is 0 Å². The van der Waals surface area contributed by atoms with Gasteiger partial charge in [-0.05, 0) is 61.4 Å². The number of rotatable bonds is 5. The Morgan fingerprint density at radius 3 is 1.84 bits per heavy atom. The van der Waals surface area contributed by atoms with Gasteiger partial charge < -0.3 is 9.97 Å². The van der Waals surface area contributed by atoms with Crippen LogP contribution in [0.3, 0.4) is 0 Å². The third kappa shape index (κ3) is 8.44. The van der Waals surface area contributed by atoms with Crippen molar-refractivity contribution in [3.05, 3.63) is 127 Å². The smallest absolute Gasteiger partial charge is 0.0798 e. The molecule has 0 unspecified atom stereocenters. The van der Waals surface area contributed by atoms with Crippen LogP contribution < -0.4 is 5.19 Å². The molecule has 0 spiro atoms. The van der Waals surface area contributed by atoms with Gasteiger partial charge >= 0.3 is 0 Å². The van der Waals surface area contributed by atoms with Crippen molar-refractivity contribution in [2.24, 2.45) is 5.92 Å². The fourth-order valence-electron chi connectivity index (χ4n) is 5.60. The molecule has 4 aromatic carbocycles. The minimum Gasteiger partial charge on any atom is -0.305 e. The summed E-state index contributed by atoms with van der Waals surface area (Å²) in [4.78, 5) is 9.30. The van der Waals surface area contributed by atoms with Gasteiger partial charge in [0.2, 0.25) is 0 Å². The van der Waals surface area contributed by atoms with Gasteiger partial charge in [-0.25, -0.2) is 0 Å². The van der Waals surface area contributed by atoms with E-state index in [1.807, 2.05) is 42.6 Å². The van der Waals surface area contributed by atoms with Crippen molar-refractivity contribution in [2.75, 3.05) is 0 Å². The Bertz CT molecular complexity index is 1870. The molecule has 2 nitrogen and oxygen atoms in total. The standard InChI is InChI=1S/C23H20N.C18H24NSi.Ir/c1-23(2,3)19-11-12-20-17(13-19)9-10-18-15-24-22(14-21(18)20)16-7-5-4-6-8-16;1-14(2)11-16-12-17(15-9-7-6-8-10-15)19-13-18(16)20(3,4)5;/h4-7,9-15H,1-3H3;6-9,12-14H,11H2,1-5H3;/q2*-1;. The predicted octanol–water partition coefficient (Wildman–Crippen LogP) is 10.4. The van der Waals surface area contributed by atoms with Gasteiger partial charge in [0.15, 0.2) is 0 Å². The first kappa shape index (κ1) is 34.4. The monoisotopic (exact) mass is 785 g/mol. The Kier molecular flexibility index (Phi) is 11.0. The molecule has 0 fully saturated rings. The largest absolute Gasteiger partial charge is 0.305 e. The summed E-state index contributed by atoms with van der Waals surface area (Å²) < 4.78 is 0. The van der Waals surface area contributed by atoms with Crippen molar-refractivity contribution in [1.82, 2.24) is 9.97 Å². The molecular formula is C41H44IrN2Si-2. The number of aromatic nitrogens is 2. The second-order valence-corrected chi connectivity index (χ2v) is 19.2. The van der Waals surface area contributed by atoms with Crippen LogP contribution in [0.4, 0.5) is 0 Å². The molecule has 233 valence electrons. The van der Waals surface area contributed by atoms with Crippen LogP contribution in [0.2, 0.25) is 19.6 Å². The third-order valence-corrected chi connectivity index (χ3v) is 10.0. The second-order valence-electron chi connectivity index (χ2n) is 14.2. The summed E-state index contributed by atoms with van der Waals surface area (Å²) in [7, 11) is -1.34. The van der Waals surface area contributed by atoms with E-state index >= 15 is 0 Å². The minimum atomic E-state index is -1.34. The molecule has 0 N–H and O–H groups in total. The molecular weight excluding hydrogens is 741 g/mol. The molecule has 1 radical (unpaired) electrons. The number of hydrogen-bond donors (Lipinski definition) is 0. The van der Waals surface area contributed by atoms with E-state index in [1.54, 1.807) is 0 Å². The third-order valence-electron chi connectivity index (χ3n) is 7.98. The van der Waals surface area contributed by atoms with Crippen molar-refractivity contribution in [1.29, 1.82) is 0 Å². The normalized spacial score (nSPS) is 11.7. The van der Waals surface area contributed by atoms with E-state index in [2.05, 4.69) is 137 Å². The molecule has 0 aliphatic heterocycles. The fraction of sp³-hybridized carbons (Fsp3) is 0.268. The van der Waals surface area contributed by atoms with Crippen molar-refractivity contribution in [3.8, 4) is 22.5 Å². The number of benzene rings is 4. The maximum atomic E-state index is 4.69. The molecule has 6 rings (SSSR count). The van der Waals surface area contributed by atoms with Crippen LogP contribution >= 0.6 is 0 Å². The second kappa shape index (κ2) is 14.3. The molecule has 2 heterocycles. The van der Waals surface area contributed by atoms with E-state index in [0.29, 0.717) is 5.92 Å². The first-order valence-corrected chi connectivity index (χ1v) is 19.2. The quantitative estimate of drug-likeness (QED) is 0.0989. The van der Waals surface area contributed by atoms with E-state index < -0.39 is 8.07 Å². The van der Waals surface area contributed by atoms with Gasteiger partial charge in [-0.1, -0.05) is 102 Å². The summed E-state index contributed by atoms with van der Waals surface area (Å²) in [6, 6.07) is 38.2. The Labute approximate surface area is 284 Å². The van der Waals surface area contributed by atoms with Crippen LogP contribution in [0.1, 0.15) is 45.7 Å². The van der Waals surface area contributed by atoms with Gasteiger partial charge in [0.1, 0.15) is 0 Å². The fourth-order valence-corrected chi connectivity index (χ4v) is 7.19. The van der Waals surface area contributed by atoms with Crippen LogP contribution in [-0.4, -0.2) is 18.0 Å². The minimum absolute atomic E-state index is 0. The zero-order chi connectivity index (χ0) is 31.5. The zero-order valence-corrected chi connectivity index (χ0v) is 31.2. The summed E-state index contributed by atoms with van der Waals surface area (Å²) >= 11 is 0. The predicted molar refractivity (Wildman–Crippen MR) is 192 cm³/mol. The van der Waals surface area contributed by atoms with Gasteiger partial charge in [-0.2, -0.15) is 0 Å². The zero-order valence-electron chi connectivity index (χ0n) is 27.8.